The van der Waals surface area contributed by atoms with Crippen LogP contribution in [0.2, 0.25) is 0 Å². The lowest BCUT2D eigenvalue weighted by Crippen LogP contribution is -2.22. The van der Waals surface area contributed by atoms with Crippen molar-refractivity contribution in [1.82, 2.24) is 4.98 Å². The molecule has 1 atom stereocenters. The Bertz CT molecular complexity index is 760. The minimum Gasteiger partial charge on any atom is -0.302 e. The Hall–Kier alpha value is -2.46. The van der Waals surface area contributed by atoms with Gasteiger partial charge in [-0.15, -0.1) is 11.3 Å². The zero-order valence-corrected chi connectivity index (χ0v) is 13.3. The largest absolute Gasteiger partial charge is 0.302 e. The molecule has 1 heterocycles. The minimum absolute atomic E-state index is 0.0488. The number of hydrogen-bond donors (Lipinski definition) is 1. The van der Waals surface area contributed by atoms with Gasteiger partial charge < -0.3 is 5.32 Å². The van der Waals surface area contributed by atoms with Crippen molar-refractivity contribution in [3.63, 3.8) is 0 Å². The summed E-state index contributed by atoms with van der Waals surface area (Å²) in [4.78, 5) is 16.8. The van der Waals surface area contributed by atoms with E-state index in [0.717, 1.165) is 6.42 Å². The van der Waals surface area contributed by atoms with E-state index < -0.39 is 0 Å². The van der Waals surface area contributed by atoms with Crippen LogP contribution in [0.4, 0.5) is 5.13 Å². The van der Waals surface area contributed by atoms with Crippen LogP contribution in [-0.2, 0) is 10.2 Å². The lowest BCUT2D eigenvalue weighted by Gasteiger charge is -2.18. The molecule has 0 bridgehead atoms. The molecular weight excluding hydrogens is 304 g/mol. The zero-order valence-electron chi connectivity index (χ0n) is 12.5. The van der Waals surface area contributed by atoms with E-state index in [1.54, 1.807) is 6.20 Å². The standard InChI is InChI=1S/C19H16N2OS/c22-17(21-18-20-11-12-23-18)16-13-19(16,14-7-3-1-4-8-14)15-9-5-2-6-10-15/h1-12,16H,13H2,(H,20,21,22). The first-order chi connectivity index (χ1) is 11.3. The summed E-state index contributed by atoms with van der Waals surface area (Å²) >= 11 is 1.45. The third-order valence-corrected chi connectivity index (χ3v) is 5.21. The van der Waals surface area contributed by atoms with Crippen LogP contribution < -0.4 is 5.32 Å². The number of nitrogens with one attached hydrogen (secondary N) is 1. The molecule has 0 aliphatic heterocycles. The number of carbonyl (C=O) groups excluding carboxylic acids is 1. The minimum atomic E-state index is -0.218. The highest BCUT2D eigenvalue weighted by Gasteiger charge is 2.60. The van der Waals surface area contributed by atoms with Crippen LogP contribution in [0.3, 0.4) is 0 Å². The number of carbonyl (C=O) groups is 1. The van der Waals surface area contributed by atoms with Gasteiger partial charge in [0.05, 0.1) is 5.92 Å². The van der Waals surface area contributed by atoms with Gasteiger partial charge in [-0.25, -0.2) is 4.98 Å². The topological polar surface area (TPSA) is 42.0 Å². The quantitative estimate of drug-likeness (QED) is 0.787. The molecule has 1 saturated carbocycles. The fourth-order valence-electron chi connectivity index (χ4n) is 3.33. The van der Waals surface area contributed by atoms with Crippen molar-refractivity contribution in [2.24, 2.45) is 5.92 Å². The first kappa shape index (κ1) is 14.2. The van der Waals surface area contributed by atoms with Gasteiger partial charge in [0, 0.05) is 17.0 Å². The summed E-state index contributed by atoms with van der Waals surface area (Å²) in [6.07, 6.45) is 2.53. The van der Waals surface area contributed by atoms with Crippen molar-refractivity contribution in [2.45, 2.75) is 11.8 Å². The van der Waals surface area contributed by atoms with E-state index in [0.29, 0.717) is 5.13 Å². The highest BCUT2D eigenvalue weighted by atomic mass is 32.1. The molecule has 1 aliphatic carbocycles. The van der Waals surface area contributed by atoms with E-state index in [2.05, 4.69) is 34.6 Å². The fraction of sp³-hybridized carbons (Fsp3) is 0.158. The van der Waals surface area contributed by atoms with Crippen molar-refractivity contribution < 1.29 is 4.79 Å². The van der Waals surface area contributed by atoms with Crippen molar-refractivity contribution in [2.75, 3.05) is 5.32 Å². The lowest BCUT2D eigenvalue weighted by atomic mass is 9.85. The van der Waals surface area contributed by atoms with Crippen molar-refractivity contribution in [3.8, 4) is 0 Å². The maximum Gasteiger partial charge on any atom is 0.230 e. The Morgan fingerprint density at radius 3 is 2.17 bits per heavy atom. The maximum atomic E-state index is 12.7. The van der Waals surface area contributed by atoms with Crippen LogP contribution in [0.25, 0.3) is 0 Å². The number of rotatable bonds is 4. The molecule has 0 radical (unpaired) electrons. The molecule has 4 rings (SSSR count). The highest BCUT2D eigenvalue weighted by Crippen LogP contribution is 2.59. The number of thiazole rings is 1. The van der Waals surface area contributed by atoms with Crippen molar-refractivity contribution in [1.29, 1.82) is 0 Å². The summed E-state index contributed by atoms with van der Waals surface area (Å²) in [5, 5.41) is 5.48. The fourth-order valence-corrected chi connectivity index (χ4v) is 3.86. The molecule has 3 aromatic rings. The summed E-state index contributed by atoms with van der Waals surface area (Å²) in [5.41, 5.74) is 2.18. The summed E-state index contributed by atoms with van der Waals surface area (Å²) < 4.78 is 0. The van der Waals surface area contributed by atoms with E-state index in [1.165, 1.54) is 22.5 Å². The third kappa shape index (κ3) is 2.45. The SMILES string of the molecule is O=C(Nc1nccs1)C1CC1(c1ccccc1)c1ccccc1. The molecule has 1 aliphatic rings. The van der Waals surface area contributed by atoms with Gasteiger partial charge in [-0.2, -0.15) is 0 Å². The second-order valence-electron chi connectivity index (χ2n) is 5.79. The Morgan fingerprint density at radius 2 is 1.65 bits per heavy atom. The Balaban J connectivity index is 1.68. The van der Waals surface area contributed by atoms with Crippen LogP contribution in [0, 0.1) is 5.92 Å². The summed E-state index contributed by atoms with van der Waals surface area (Å²) in [5.74, 6) is -0.0103. The van der Waals surface area contributed by atoms with E-state index in [4.69, 9.17) is 0 Å². The van der Waals surface area contributed by atoms with E-state index in [-0.39, 0.29) is 17.2 Å². The molecule has 0 saturated heterocycles. The lowest BCUT2D eigenvalue weighted by molar-refractivity contribution is -0.117. The second-order valence-corrected chi connectivity index (χ2v) is 6.68. The molecule has 3 nitrogen and oxygen atoms in total. The van der Waals surface area contributed by atoms with Crippen molar-refractivity contribution in [3.05, 3.63) is 83.4 Å². The summed E-state index contributed by atoms with van der Waals surface area (Å²) in [7, 11) is 0. The Morgan fingerprint density at radius 1 is 1.04 bits per heavy atom. The molecule has 1 N–H and O–H groups in total. The molecule has 0 spiro atoms. The number of nitrogens with zero attached hydrogens (tertiary/aromatic N) is 1. The Labute approximate surface area is 139 Å². The average molecular weight is 320 g/mol. The third-order valence-electron chi connectivity index (χ3n) is 4.52. The predicted octanol–water partition coefficient (Wildman–Crippen LogP) is 4.09. The first-order valence-corrected chi connectivity index (χ1v) is 8.50. The van der Waals surface area contributed by atoms with Gasteiger partial charge in [-0.1, -0.05) is 60.7 Å². The number of hydrogen-bond acceptors (Lipinski definition) is 3. The van der Waals surface area contributed by atoms with E-state index in [1.807, 2.05) is 41.8 Å². The van der Waals surface area contributed by atoms with Gasteiger partial charge in [-0.3, -0.25) is 4.79 Å². The van der Waals surface area contributed by atoms with Crippen LogP contribution in [-0.4, -0.2) is 10.9 Å². The van der Waals surface area contributed by atoms with Gasteiger partial charge in [0.1, 0.15) is 0 Å². The molecule has 114 valence electrons. The number of amides is 1. The van der Waals surface area contributed by atoms with Gasteiger partial charge in [0.2, 0.25) is 5.91 Å². The summed E-state index contributed by atoms with van der Waals surface area (Å²) in [6.45, 7) is 0. The average Bonchev–Trinajstić information content (AvgIpc) is 3.18. The maximum absolute atomic E-state index is 12.7. The summed E-state index contributed by atoms with van der Waals surface area (Å²) in [6, 6.07) is 20.6. The molecule has 2 aromatic carbocycles. The van der Waals surface area contributed by atoms with E-state index in [9.17, 15) is 4.79 Å². The smallest absolute Gasteiger partial charge is 0.230 e. The van der Waals surface area contributed by atoms with Crippen LogP contribution in [0.1, 0.15) is 17.5 Å². The molecule has 1 fully saturated rings. The zero-order chi connectivity index (χ0) is 15.7. The molecule has 1 unspecified atom stereocenters. The molecule has 1 aromatic heterocycles. The van der Waals surface area contributed by atoms with Gasteiger partial charge in [0.15, 0.2) is 5.13 Å². The number of aromatic nitrogens is 1. The highest BCUT2D eigenvalue weighted by molar-refractivity contribution is 7.13. The molecule has 23 heavy (non-hydrogen) atoms. The number of benzene rings is 2. The second kappa shape index (κ2) is 5.63. The van der Waals surface area contributed by atoms with Crippen LogP contribution >= 0.6 is 11.3 Å². The van der Waals surface area contributed by atoms with Gasteiger partial charge >= 0.3 is 0 Å². The Kier molecular flexibility index (Phi) is 3.46. The van der Waals surface area contributed by atoms with Crippen molar-refractivity contribution >= 4 is 22.4 Å². The first-order valence-electron chi connectivity index (χ1n) is 7.62. The van der Waals surface area contributed by atoms with Crippen LogP contribution in [0.5, 0.6) is 0 Å². The molecular formula is C19H16N2OS. The molecule has 1 amide bonds. The van der Waals surface area contributed by atoms with Gasteiger partial charge in [0.25, 0.3) is 0 Å². The monoisotopic (exact) mass is 320 g/mol. The predicted molar refractivity (Wildman–Crippen MR) is 92.5 cm³/mol. The molecule has 4 heteroatoms. The van der Waals surface area contributed by atoms with Gasteiger partial charge in [-0.05, 0) is 17.5 Å². The van der Waals surface area contributed by atoms with Crippen LogP contribution in [0.15, 0.2) is 72.2 Å². The van der Waals surface area contributed by atoms with E-state index >= 15 is 0 Å². The number of anilines is 1. The normalized spacial score (nSPS) is 18.3.